The van der Waals surface area contributed by atoms with Crippen LogP contribution in [-0.2, 0) is 4.74 Å². The van der Waals surface area contributed by atoms with E-state index in [1.54, 1.807) is 12.1 Å². The molecule has 0 saturated carbocycles. The summed E-state index contributed by atoms with van der Waals surface area (Å²) in [6.07, 6.45) is 0.846. The van der Waals surface area contributed by atoms with Crippen LogP contribution in [0.25, 0.3) is 0 Å². The Morgan fingerprint density at radius 3 is 2.43 bits per heavy atom. The summed E-state index contributed by atoms with van der Waals surface area (Å²) in [5.74, 6) is 0.995. The molecule has 1 heterocycles. The lowest BCUT2D eigenvalue weighted by Crippen LogP contribution is -2.16. The Hall–Kier alpha value is -1.26. The van der Waals surface area contributed by atoms with E-state index >= 15 is 0 Å². The van der Waals surface area contributed by atoms with E-state index in [4.69, 9.17) is 25.8 Å². The minimum atomic E-state index is -0.134. The zero-order chi connectivity index (χ0) is 15.4. The molecule has 4 nitrogen and oxygen atoms in total. The van der Waals surface area contributed by atoms with Gasteiger partial charge in [0, 0.05) is 17.5 Å². The third kappa shape index (κ3) is 3.69. The van der Waals surface area contributed by atoms with Crippen LogP contribution in [0.1, 0.15) is 37.6 Å². The van der Waals surface area contributed by atoms with Crippen molar-refractivity contribution in [2.75, 3.05) is 19.8 Å². The monoisotopic (exact) mass is 312 g/mol. The number of benzene rings is 1. The molecule has 1 aliphatic rings. The Morgan fingerprint density at radius 1 is 1.29 bits per heavy atom. The van der Waals surface area contributed by atoms with E-state index in [1.807, 2.05) is 20.8 Å². The van der Waals surface area contributed by atoms with Gasteiger partial charge in [-0.2, -0.15) is 0 Å². The van der Waals surface area contributed by atoms with Crippen LogP contribution in [0.2, 0.25) is 5.02 Å². The highest BCUT2D eigenvalue weighted by atomic mass is 35.5. The highest BCUT2D eigenvalue weighted by Crippen LogP contribution is 2.36. The first-order chi connectivity index (χ1) is 10.1. The van der Waals surface area contributed by atoms with Gasteiger partial charge in [-0.05, 0) is 33.3 Å². The van der Waals surface area contributed by atoms with Crippen LogP contribution in [0.4, 0.5) is 0 Å². The second-order valence-electron chi connectivity index (χ2n) is 5.09. The number of ketones is 1. The molecule has 1 fully saturated rings. The quantitative estimate of drug-likeness (QED) is 0.751. The number of ether oxygens (including phenoxy) is 3. The lowest BCUT2D eigenvalue weighted by atomic mass is 9.95. The highest BCUT2D eigenvalue weighted by Gasteiger charge is 2.30. The molecule has 21 heavy (non-hydrogen) atoms. The van der Waals surface area contributed by atoms with Gasteiger partial charge in [-0.25, -0.2) is 0 Å². The summed E-state index contributed by atoms with van der Waals surface area (Å²) in [4.78, 5) is 12.6. The molecule has 2 atom stereocenters. The van der Waals surface area contributed by atoms with Crippen molar-refractivity contribution < 1.29 is 19.0 Å². The molecule has 1 aliphatic heterocycles. The van der Waals surface area contributed by atoms with Gasteiger partial charge in [-0.3, -0.25) is 4.79 Å². The van der Waals surface area contributed by atoms with E-state index in [1.165, 1.54) is 0 Å². The molecule has 0 aromatic heterocycles. The Bertz CT molecular complexity index is 515. The van der Waals surface area contributed by atoms with Crippen molar-refractivity contribution in [3.8, 4) is 11.5 Å². The van der Waals surface area contributed by atoms with E-state index in [0.717, 1.165) is 6.42 Å². The van der Waals surface area contributed by atoms with Gasteiger partial charge < -0.3 is 14.2 Å². The van der Waals surface area contributed by atoms with Crippen molar-refractivity contribution in [1.29, 1.82) is 0 Å². The lowest BCUT2D eigenvalue weighted by molar-refractivity contribution is 0.0877. The van der Waals surface area contributed by atoms with Gasteiger partial charge in [-0.1, -0.05) is 11.6 Å². The number of Topliss-reactive ketones (excluding diaryl/α,β-unsaturated/α-hetero) is 1. The molecule has 0 aliphatic carbocycles. The predicted molar refractivity (Wildman–Crippen MR) is 81.6 cm³/mol. The van der Waals surface area contributed by atoms with Gasteiger partial charge in [0.15, 0.2) is 17.3 Å². The molecule has 1 aromatic carbocycles. The summed E-state index contributed by atoms with van der Waals surface area (Å²) in [7, 11) is 0. The smallest absolute Gasteiger partial charge is 0.169 e. The Kier molecular flexibility index (Phi) is 5.48. The third-order valence-electron chi connectivity index (χ3n) is 3.47. The number of carbonyl (C=O) groups is 1. The minimum Gasteiger partial charge on any atom is -0.490 e. The zero-order valence-electron chi connectivity index (χ0n) is 12.6. The van der Waals surface area contributed by atoms with Gasteiger partial charge in [0.2, 0.25) is 0 Å². The molecular weight excluding hydrogens is 292 g/mol. The molecule has 1 aromatic rings. The first-order valence-electron chi connectivity index (χ1n) is 7.31. The number of halogens is 1. The van der Waals surface area contributed by atoms with Crippen LogP contribution in [0, 0.1) is 5.92 Å². The number of rotatable bonds is 6. The summed E-state index contributed by atoms with van der Waals surface area (Å²) >= 11 is 6.25. The van der Waals surface area contributed by atoms with Crippen molar-refractivity contribution in [2.24, 2.45) is 5.92 Å². The Balaban J connectivity index is 2.30. The molecule has 0 amide bonds. The van der Waals surface area contributed by atoms with Gasteiger partial charge in [0.1, 0.15) is 0 Å². The van der Waals surface area contributed by atoms with E-state index in [-0.39, 0.29) is 17.8 Å². The van der Waals surface area contributed by atoms with Gasteiger partial charge in [-0.15, -0.1) is 0 Å². The number of carbonyl (C=O) groups excluding carboxylic acids is 1. The van der Waals surface area contributed by atoms with Gasteiger partial charge in [0.05, 0.1) is 30.9 Å². The summed E-state index contributed by atoms with van der Waals surface area (Å²) in [5.41, 5.74) is 0.478. The summed E-state index contributed by atoms with van der Waals surface area (Å²) in [6.45, 7) is 7.21. The number of hydrogen-bond acceptors (Lipinski definition) is 4. The molecule has 116 valence electrons. The van der Waals surface area contributed by atoms with E-state index < -0.39 is 0 Å². The van der Waals surface area contributed by atoms with E-state index in [9.17, 15) is 4.79 Å². The SMILES string of the molecule is CCOc1cc(Cl)c(C(=O)C2COC(C)C2)cc1OCC. The molecule has 2 rings (SSSR count). The van der Waals surface area contributed by atoms with Crippen molar-refractivity contribution in [3.05, 3.63) is 22.7 Å². The maximum absolute atomic E-state index is 12.6. The number of hydrogen-bond donors (Lipinski definition) is 0. The van der Waals surface area contributed by atoms with Crippen molar-refractivity contribution in [3.63, 3.8) is 0 Å². The molecule has 0 spiro atoms. The maximum atomic E-state index is 12.6. The summed E-state index contributed by atoms with van der Waals surface area (Å²) in [5, 5.41) is 0.395. The van der Waals surface area contributed by atoms with Crippen LogP contribution in [0.3, 0.4) is 0 Å². The summed E-state index contributed by atoms with van der Waals surface area (Å²) in [6, 6.07) is 3.34. The fraction of sp³-hybridized carbons (Fsp3) is 0.562. The van der Waals surface area contributed by atoms with Crippen LogP contribution in [0.5, 0.6) is 11.5 Å². The van der Waals surface area contributed by atoms with Crippen LogP contribution < -0.4 is 9.47 Å². The van der Waals surface area contributed by atoms with E-state index in [2.05, 4.69) is 0 Å². The zero-order valence-corrected chi connectivity index (χ0v) is 13.4. The second-order valence-corrected chi connectivity index (χ2v) is 5.49. The molecular formula is C16H21ClO4. The minimum absolute atomic E-state index is 0.00773. The highest BCUT2D eigenvalue weighted by molar-refractivity contribution is 6.34. The van der Waals surface area contributed by atoms with E-state index in [0.29, 0.717) is 41.9 Å². The molecule has 5 heteroatoms. The second kappa shape index (κ2) is 7.14. The Labute approximate surface area is 130 Å². The standard InChI is InChI=1S/C16H21ClO4/c1-4-19-14-7-12(13(17)8-15(14)20-5-2)16(18)11-6-10(3)21-9-11/h7-8,10-11H,4-6,9H2,1-3H3. The topological polar surface area (TPSA) is 44.8 Å². The van der Waals surface area contributed by atoms with Gasteiger partial charge in [0.25, 0.3) is 0 Å². The van der Waals surface area contributed by atoms with Crippen molar-refractivity contribution in [1.82, 2.24) is 0 Å². The lowest BCUT2D eigenvalue weighted by Gasteiger charge is -2.15. The van der Waals surface area contributed by atoms with Crippen LogP contribution in [0.15, 0.2) is 12.1 Å². The molecule has 0 radical (unpaired) electrons. The maximum Gasteiger partial charge on any atom is 0.169 e. The average Bonchev–Trinajstić information content (AvgIpc) is 2.88. The fourth-order valence-corrected chi connectivity index (χ4v) is 2.73. The Morgan fingerprint density at radius 2 is 1.90 bits per heavy atom. The van der Waals surface area contributed by atoms with Crippen molar-refractivity contribution >= 4 is 17.4 Å². The summed E-state index contributed by atoms with van der Waals surface area (Å²) < 4.78 is 16.5. The molecule has 1 saturated heterocycles. The first-order valence-corrected chi connectivity index (χ1v) is 7.69. The normalized spacial score (nSPS) is 21.3. The molecule has 2 unspecified atom stereocenters. The molecule has 0 bridgehead atoms. The largest absolute Gasteiger partial charge is 0.490 e. The van der Waals surface area contributed by atoms with Crippen molar-refractivity contribution in [2.45, 2.75) is 33.3 Å². The first kappa shape index (κ1) is 16.1. The average molecular weight is 313 g/mol. The van der Waals surface area contributed by atoms with Crippen LogP contribution >= 0.6 is 11.6 Å². The van der Waals surface area contributed by atoms with Crippen LogP contribution in [-0.4, -0.2) is 31.7 Å². The molecule has 0 N–H and O–H groups in total. The van der Waals surface area contributed by atoms with Gasteiger partial charge >= 0.3 is 0 Å². The predicted octanol–water partition coefficient (Wildman–Crippen LogP) is 3.75. The third-order valence-corrected chi connectivity index (χ3v) is 3.78. The fourth-order valence-electron chi connectivity index (χ4n) is 2.48.